The van der Waals surface area contributed by atoms with Gasteiger partial charge < -0.3 is 60.9 Å². The van der Waals surface area contributed by atoms with E-state index in [-0.39, 0.29) is 79.3 Å². The average molecular weight is 1080 g/mol. The van der Waals surface area contributed by atoms with Gasteiger partial charge in [0.2, 0.25) is 0 Å². The molecule has 77 heavy (non-hydrogen) atoms. The van der Waals surface area contributed by atoms with Gasteiger partial charge in [-0.1, -0.05) is 173 Å². The van der Waals surface area contributed by atoms with Crippen LogP contribution in [0.25, 0.3) is 0 Å². The van der Waals surface area contributed by atoms with Gasteiger partial charge in [-0.05, 0) is 91.9 Å². The lowest BCUT2D eigenvalue weighted by molar-refractivity contribution is -0.150. The lowest BCUT2D eigenvalue weighted by Crippen LogP contribution is -2.39. The predicted octanol–water partition coefficient (Wildman–Crippen LogP) is 13.7. The largest absolute Gasteiger partial charge is 0.508 e. The van der Waals surface area contributed by atoms with E-state index in [2.05, 4.69) is 0 Å². The molecule has 0 aromatic heterocycles. The topological polar surface area (TPSA) is 249 Å². The fraction of sp³-hybridized carbons (Fsp3) is 0.609. The Hall–Kier alpha value is -5.37. The molecule has 0 aliphatic heterocycles. The first kappa shape index (κ1) is 71.6. The molecule has 0 saturated carbocycles. The predicted molar refractivity (Wildman–Crippen MR) is 314 cm³/mol. The smallest absolute Gasteiger partial charge is 0.305 e. The summed E-state index contributed by atoms with van der Waals surface area (Å²) in [5.41, 5.74) is 3.77. The van der Waals surface area contributed by atoms with Crippen molar-refractivity contribution in [2.45, 2.75) is 223 Å². The van der Waals surface area contributed by atoms with Gasteiger partial charge in [-0.25, -0.2) is 0 Å². The first-order valence-corrected chi connectivity index (χ1v) is 26.5. The van der Waals surface area contributed by atoms with Crippen molar-refractivity contribution >= 4 is 5.97 Å². The van der Waals surface area contributed by atoms with Crippen molar-refractivity contribution in [2.24, 2.45) is 5.41 Å². The molecular formula is C64H104O13. The maximum atomic E-state index is 10.7. The molecule has 13 heteroatoms. The third-order valence-corrected chi connectivity index (χ3v) is 12.7. The van der Waals surface area contributed by atoms with E-state index in [0.717, 1.165) is 44.5 Å². The summed E-state index contributed by atoms with van der Waals surface area (Å²) in [5.74, 6) is 1.66. The number of aliphatic hydroxyl groups is 3. The maximum Gasteiger partial charge on any atom is 0.305 e. The number of aliphatic hydroxyl groups excluding tert-OH is 3. The fourth-order valence-corrected chi connectivity index (χ4v) is 7.67. The Kier molecular flexibility index (Phi) is 24.7. The average Bonchev–Trinajstić information content (AvgIpc) is 3.24. The van der Waals surface area contributed by atoms with E-state index in [4.69, 9.17) is 20.1 Å². The molecule has 4 aromatic carbocycles. The Balaban J connectivity index is 0.000000940. The van der Waals surface area contributed by atoms with E-state index in [9.17, 15) is 45.6 Å². The number of aromatic hydroxyl groups is 8. The monoisotopic (exact) mass is 1080 g/mol. The van der Waals surface area contributed by atoms with Crippen molar-refractivity contribution < 1.29 is 65.7 Å². The molecule has 0 aliphatic rings. The maximum absolute atomic E-state index is 10.7. The number of esters is 1. The highest BCUT2D eigenvalue weighted by Crippen LogP contribution is 2.45. The summed E-state index contributed by atoms with van der Waals surface area (Å²) in [6.07, 6.45) is 0.234. The zero-order valence-electron chi connectivity index (χ0n) is 51.9. The summed E-state index contributed by atoms with van der Waals surface area (Å²) in [6, 6.07) is 13.1. The number of hydrogen-bond acceptors (Lipinski definition) is 13. The van der Waals surface area contributed by atoms with Crippen LogP contribution in [0.3, 0.4) is 0 Å². The van der Waals surface area contributed by atoms with Crippen LogP contribution in [0.5, 0.6) is 46.0 Å². The first-order chi connectivity index (χ1) is 34.3. The number of hydrogen-bond donors (Lipinski definition) is 11. The van der Waals surface area contributed by atoms with Crippen molar-refractivity contribution in [2.75, 3.05) is 26.4 Å². The number of carbonyl (C=O) groups is 1. The molecule has 4 rings (SSSR count). The summed E-state index contributed by atoms with van der Waals surface area (Å²) in [4.78, 5) is 10.7. The van der Waals surface area contributed by atoms with Gasteiger partial charge in [0.25, 0.3) is 0 Å². The quantitative estimate of drug-likeness (QED) is 0.0636. The van der Waals surface area contributed by atoms with Crippen LogP contribution in [0.1, 0.15) is 224 Å². The molecule has 0 radical (unpaired) electrons. The molecule has 0 heterocycles. The van der Waals surface area contributed by atoms with Gasteiger partial charge in [-0.15, -0.1) is 0 Å². The lowest BCUT2D eigenvalue weighted by atomic mass is 9.79. The van der Waals surface area contributed by atoms with Crippen LogP contribution < -0.4 is 0 Å². The molecule has 0 spiro atoms. The van der Waals surface area contributed by atoms with Crippen molar-refractivity contribution in [3.05, 3.63) is 93.0 Å². The lowest BCUT2D eigenvalue weighted by Gasteiger charge is -2.27. The van der Waals surface area contributed by atoms with E-state index < -0.39 is 31.2 Å². The molecule has 0 saturated heterocycles. The number of benzene rings is 4. The second-order valence-corrected chi connectivity index (χ2v) is 28.5. The SMILES string of the molecule is CC(C)(C)c1cc(O)cc(C(C)(C)C)c1O.CC(C)(C)c1cc(O)cc(C(C)(C)C)c1O.CC(C)(C)c1cc(O)cc(C(C)(C)C)c1O.CC(C)(C)c1cc(O)cc(C(C)(C)C)c1O.CCC(=O)OCC(CO)(CO)CO. The fourth-order valence-electron chi connectivity index (χ4n) is 7.67. The minimum Gasteiger partial charge on any atom is -0.508 e. The number of carbonyl (C=O) groups excluding carboxylic acids is 1. The zero-order chi connectivity index (χ0) is 61.2. The van der Waals surface area contributed by atoms with Gasteiger partial charge in [0.15, 0.2) is 0 Å². The Morgan fingerprint density at radius 2 is 0.468 bits per heavy atom. The third-order valence-electron chi connectivity index (χ3n) is 12.7. The number of phenolic OH excluding ortho intramolecular Hbond substituents is 8. The van der Waals surface area contributed by atoms with Gasteiger partial charge in [0.1, 0.15) is 52.6 Å². The molecule has 0 amide bonds. The minimum absolute atomic E-state index is 0.164. The van der Waals surface area contributed by atoms with Gasteiger partial charge in [0.05, 0.1) is 25.2 Å². The van der Waals surface area contributed by atoms with Crippen LogP contribution in [0.15, 0.2) is 48.5 Å². The van der Waals surface area contributed by atoms with Crippen LogP contribution >= 0.6 is 0 Å². The Morgan fingerprint density at radius 1 is 0.325 bits per heavy atom. The van der Waals surface area contributed by atoms with E-state index in [1.165, 1.54) is 0 Å². The first-order valence-electron chi connectivity index (χ1n) is 26.5. The summed E-state index contributed by atoms with van der Waals surface area (Å²) in [6.45, 7) is 48.7. The second kappa shape index (κ2) is 26.5. The van der Waals surface area contributed by atoms with E-state index in [0.29, 0.717) is 23.0 Å². The van der Waals surface area contributed by atoms with Crippen molar-refractivity contribution in [3.63, 3.8) is 0 Å². The highest BCUT2D eigenvalue weighted by Gasteiger charge is 2.32. The van der Waals surface area contributed by atoms with E-state index in [1.807, 2.05) is 166 Å². The van der Waals surface area contributed by atoms with Crippen LogP contribution in [0.4, 0.5) is 0 Å². The molecule has 11 N–H and O–H groups in total. The normalized spacial score (nSPS) is 12.6. The molecule has 438 valence electrons. The standard InChI is InChI=1S/4C14H22O2.C8H16O5/c4*1-13(2,3)10-7-9(15)8-11(12(10)16)14(4,5)6;1-2-7(12)13-6-8(3-9,4-10)5-11/h4*7-8,15-16H,1-6H3;9-11H,2-6H2,1H3. The summed E-state index contributed by atoms with van der Waals surface area (Å²) in [5, 5.41) is 107. The van der Waals surface area contributed by atoms with Gasteiger partial charge in [-0.2, -0.15) is 0 Å². The van der Waals surface area contributed by atoms with E-state index in [1.54, 1.807) is 55.5 Å². The van der Waals surface area contributed by atoms with Crippen LogP contribution in [0, 0.1) is 5.41 Å². The number of phenols is 8. The molecule has 0 atom stereocenters. The summed E-state index contributed by atoms with van der Waals surface area (Å²) < 4.78 is 4.71. The molecule has 4 aromatic rings. The molecule has 0 fully saturated rings. The third kappa shape index (κ3) is 21.8. The summed E-state index contributed by atoms with van der Waals surface area (Å²) in [7, 11) is 0. The highest BCUT2D eigenvalue weighted by atomic mass is 16.5. The molecular weight excluding hydrogens is 977 g/mol. The van der Waals surface area contributed by atoms with Crippen LogP contribution in [-0.2, 0) is 52.9 Å². The number of rotatable bonds is 6. The Bertz CT molecular complexity index is 2060. The molecule has 0 bridgehead atoms. The molecule has 0 unspecified atom stereocenters. The van der Waals surface area contributed by atoms with Crippen LogP contribution in [0.2, 0.25) is 0 Å². The Morgan fingerprint density at radius 3 is 0.571 bits per heavy atom. The van der Waals surface area contributed by atoms with Gasteiger partial charge in [0, 0.05) is 50.9 Å². The molecule has 0 aliphatic carbocycles. The van der Waals surface area contributed by atoms with Crippen molar-refractivity contribution in [1.82, 2.24) is 0 Å². The minimum atomic E-state index is -1.12. The Labute approximate surface area is 463 Å². The van der Waals surface area contributed by atoms with E-state index >= 15 is 0 Å². The summed E-state index contributed by atoms with van der Waals surface area (Å²) >= 11 is 0. The zero-order valence-corrected chi connectivity index (χ0v) is 51.9. The van der Waals surface area contributed by atoms with Crippen LogP contribution in [-0.4, -0.2) is 88.6 Å². The van der Waals surface area contributed by atoms with Gasteiger partial charge >= 0.3 is 5.97 Å². The van der Waals surface area contributed by atoms with Crippen molar-refractivity contribution in [3.8, 4) is 46.0 Å². The number of ether oxygens (including phenoxy) is 1. The molecule has 13 nitrogen and oxygen atoms in total. The highest BCUT2D eigenvalue weighted by molar-refractivity contribution is 5.68. The second-order valence-electron chi connectivity index (χ2n) is 28.5. The van der Waals surface area contributed by atoms with Crippen molar-refractivity contribution in [1.29, 1.82) is 0 Å². The van der Waals surface area contributed by atoms with Gasteiger partial charge in [-0.3, -0.25) is 4.79 Å².